The number of hydrogen-bond acceptors (Lipinski definition) is 6. The normalized spacial score (nSPS) is 11.2. The molecule has 0 aromatic heterocycles. The third-order valence-corrected chi connectivity index (χ3v) is 4.73. The zero-order valence-corrected chi connectivity index (χ0v) is 19.2. The van der Waals surface area contributed by atoms with Gasteiger partial charge in [-0.1, -0.05) is 18.2 Å². The lowest BCUT2D eigenvalue weighted by Crippen LogP contribution is -2.40. The Balaban J connectivity index is 1.81. The molecular weight excluding hydrogens is 468 g/mol. The number of benzene rings is 2. The minimum absolute atomic E-state index is 0.170. The zero-order chi connectivity index (χ0) is 22.9. The van der Waals surface area contributed by atoms with E-state index in [0.29, 0.717) is 35.8 Å². The van der Waals surface area contributed by atoms with Crippen molar-refractivity contribution in [3.8, 4) is 17.2 Å². The van der Waals surface area contributed by atoms with E-state index in [0.717, 1.165) is 10.5 Å². The van der Waals surface area contributed by atoms with Gasteiger partial charge in [-0.3, -0.25) is 0 Å². The van der Waals surface area contributed by atoms with Crippen LogP contribution in [0.25, 0.3) is 6.08 Å². The maximum atomic E-state index is 12.4. The van der Waals surface area contributed by atoms with Gasteiger partial charge in [0.15, 0.2) is 17.1 Å². The zero-order valence-electron chi connectivity index (χ0n) is 17.6. The van der Waals surface area contributed by atoms with Gasteiger partial charge < -0.3 is 24.1 Å². The van der Waals surface area contributed by atoms with Crippen LogP contribution in [0.15, 0.2) is 53.0 Å². The molecule has 0 saturated heterocycles. The van der Waals surface area contributed by atoms with E-state index in [-0.39, 0.29) is 6.61 Å². The quantitative estimate of drug-likeness (QED) is 0.275. The molecule has 2 aromatic carbocycles. The summed E-state index contributed by atoms with van der Waals surface area (Å²) in [4.78, 5) is 23.0. The second kappa shape index (κ2) is 11.4. The molecule has 0 fully saturated rings. The average molecular weight is 493 g/mol. The molecule has 0 spiro atoms. The van der Waals surface area contributed by atoms with Crippen molar-refractivity contribution in [3.63, 3.8) is 0 Å². The number of carbonyl (C=O) groups is 2. The maximum absolute atomic E-state index is 12.4. The van der Waals surface area contributed by atoms with E-state index >= 15 is 0 Å². The van der Waals surface area contributed by atoms with E-state index < -0.39 is 17.5 Å². The van der Waals surface area contributed by atoms with Gasteiger partial charge in [-0.05, 0) is 65.7 Å². The number of para-hydroxylation sites is 1. The number of hydrogen-bond donors (Lipinski definition) is 1. The number of rotatable bonds is 11. The highest BCUT2D eigenvalue weighted by Crippen LogP contribution is 2.29. The highest BCUT2D eigenvalue weighted by molar-refractivity contribution is 9.10. The number of halogens is 1. The molecule has 0 bridgehead atoms. The van der Waals surface area contributed by atoms with Crippen molar-refractivity contribution < 1.29 is 33.6 Å². The number of ether oxygens (including phenoxy) is 4. The number of aliphatic carboxylic acids is 1. The van der Waals surface area contributed by atoms with Gasteiger partial charge in [0.25, 0.3) is 0 Å². The van der Waals surface area contributed by atoms with E-state index in [9.17, 15) is 9.59 Å². The second-order valence-corrected chi connectivity index (χ2v) is 7.82. The molecule has 0 radical (unpaired) electrons. The number of carboxylic acid groups (broad SMARTS) is 1. The largest absolute Gasteiger partial charge is 0.493 e. The molecular formula is C23H25BrO7. The van der Waals surface area contributed by atoms with Crippen LogP contribution in [0.4, 0.5) is 0 Å². The van der Waals surface area contributed by atoms with Crippen LogP contribution in [0, 0.1) is 0 Å². The first-order valence-corrected chi connectivity index (χ1v) is 10.3. The third kappa shape index (κ3) is 7.64. The standard InChI is InChI=1S/C23H25BrO7/c1-23(2,31-18-8-5-4-7-17(18)24)22(27)30-14-6-13-29-19-11-9-16(10-12-21(25)26)15-20(19)28-3/h4-5,7-12,15H,6,13-14H2,1-3H3,(H,25,26)/b12-10+. The summed E-state index contributed by atoms with van der Waals surface area (Å²) in [6.07, 6.45) is 2.98. The minimum atomic E-state index is -1.15. The van der Waals surface area contributed by atoms with E-state index in [1.165, 1.54) is 13.2 Å². The molecule has 0 amide bonds. The summed E-state index contributed by atoms with van der Waals surface area (Å²) in [5, 5.41) is 8.71. The summed E-state index contributed by atoms with van der Waals surface area (Å²) in [5.41, 5.74) is -0.472. The monoisotopic (exact) mass is 492 g/mol. The molecule has 2 aromatic rings. The van der Waals surface area contributed by atoms with Crippen LogP contribution in [0.3, 0.4) is 0 Å². The predicted molar refractivity (Wildman–Crippen MR) is 120 cm³/mol. The molecule has 2 rings (SSSR count). The average Bonchev–Trinajstić information content (AvgIpc) is 2.73. The molecule has 0 atom stereocenters. The Morgan fingerprint density at radius 2 is 1.81 bits per heavy atom. The lowest BCUT2D eigenvalue weighted by atomic mass is 10.1. The molecule has 0 unspecified atom stereocenters. The number of methoxy groups -OCH3 is 1. The Morgan fingerprint density at radius 1 is 1.06 bits per heavy atom. The first-order valence-electron chi connectivity index (χ1n) is 9.55. The SMILES string of the molecule is COc1cc(/C=C/C(=O)O)ccc1OCCCOC(=O)C(C)(C)Oc1ccccc1Br. The minimum Gasteiger partial charge on any atom is -0.493 e. The Kier molecular flexibility index (Phi) is 8.93. The summed E-state index contributed by atoms with van der Waals surface area (Å²) in [5.74, 6) is 0.0437. The Hall–Kier alpha value is -3.00. The van der Waals surface area contributed by atoms with Crippen molar-refractivity contribution >= 4 is 33.9 Å². The van der Waals surface area contributed by atoms with Gasteiger partial charge in [-0.25, -0.2) is 9.59 Å². The van der Waals surface area contributed by atoms with E-state index in [2.05, 4.69) is 15.9 Å². The molecule has 8 heteroatoms. The van der Waals surface area contributed by atoms with E-state index in [1.807, 2.05) is 18.2 Å². The van der Waals surface area contributed by atoms with Crippen LogP contribution in [0.2, 0.25) is 0 Å². The van der Waals surface area contributed by atoms with E-state index in [1.54, 1.807) is 38.1 Å². The van der Waals surface area contributed by atoms with Crippen LogP contribution < -0.4 is 14.2 Å². The molecule has 0 saturated carbocycles. The first-order chi connectivity index (χ1) is 14.7. The molecule has 166 valence electrons. The van der Waals surface area contributed by atoms with Crippen molar-refractivity contribution in [1.82, 2.24) is 0 Å². The predicted octanol–water partition coefficient (Wildman–Crippen LogP) is 4.73. The van der Waals surface area contributed by atoms with Gasteiger partial charge in [0, 0.05) is 12.5 Å². The van der Waals surface area contributed by atoms with Gasteiger partial charge in [0.1, 0.15) is 5.75 Å². The summed E-state index contributed by atoms with van der Waals surface area (Å²) >= 11 is 3.39. The van der Waals surface area contributed by atoms with Crippen LogP contribution >= 0.6 is 15.9 Å². The highest BCUT2D eigenvalue weighted by atomic mass is 79.9. The fourth-order valence-electron chi connectivity index (χ4n) is 2.50. The molecule has 0 aliphatic heterocycles. The van der Waals surface area contributed by atoms with E-state index in [4.69, 9.17) is 24.1 Å². The van der Waals surface area contributed by atoms with Crippen molar-refractivity contribution in [2.75, 3.05) is 20.3 Å². The third-order valence-electron chi connectivity index (χ3n) is 4.08. The summed E-state index contributed by atoms with van der Waals surface area (Å²) in [6, 6.07) is 12.4. The van der Waals surface area contributed by atoms with Crippen LogP contribution in [0.5, 0.6) is 17.2 Å². The van der Waals surface area contributed by atoms with Crippen molar-refractivity contribution in [2.45, 2.75) is 25.9 Å². The lowest BCUT2D eigenvalue weighted by Gasteiger charge is -2.25. The fourth-order valence-corrected chi connectivity index (χ4v) is 2.86. The van der Waals surface area contributed by atoms with Crippen LogP contribution in [0.1, 0.15) is 25.8 Å². The second-order valence-electron chi connectivity index (χ2n) is 6.96. The van der Waals surface area contributed by atoms with Gasteiger partial charge >= 0.3 is 11.9 Å². The summed E-state index contributed by atoms with van der Waals surface area (Å²) in [7, 11) is 1.50. The number of carbonyl (C=O) groups excluding carboxylic acids is 1. The van der Waals surface area contributed by atoms with Crippen molar-refractivity contribution in [2.24, 2.45) is 0 Å². The summed E-state index contributed by atoms with van der Waals surface area (Å²) in [6.45, 7) is 3.77. The summed E-state index contributed by atoms with van der Waals surface area (Å²) < 4.78 is 22.8. The topological polar surface area (TPSA) is 91.3 Å². The first kappa shape index (κ1) is 24.3. The van der Waals surface area contributed by atoms with Crippen molar-refractivity contribution in [1.29, 1.82) is 0 Å². The van der Waals surface area contributed by atoms with Gasteiger partial charge in [-0.15, -0.1) is 0 Å². The van der Waals surface area contributed by atoms with Crippen molar-refractivity contribution in [3.05, 3.63) is 58.6 Å². The molecule has 0 aliphatic rings. The molecule has 1 N–H and O–H groups in total. The van der Waals surface area contributed by atoms with Crippen LogP contribution in [-0.4, -0.2) is 43.0 Å². The highest BCUT2D eigenvalue weighted by Gasteiger charge is 2.32. The molecule has 0 aliphatic carbocycles. The maximum Gasteiger partial charge on any atom is 0.349 e. The lowest BCUT2D eigenvalue weighted by molar-refractivity contribution is -0.159. The molecule has 0 heterocycles. The smallest absolute Gasteiger partial charge is 0.349 e. The van der Waals surface area contributed by atoms with Crippen LogP contribution in [-0.2, 0) is 14.3 Å². The van der Waals surface area contributed by atoms with Gasteiger partial charge in [-0.2, -0.15) is 0 Å². The fraction of sp³-hybridized carbons (Fsp3) is 0.304. The van der Waals surface area contributed by atoms with Gasteiger partial charge in [0.2, 0.25) is 0 Å². The Bertz CT molecular complexity index is 937. The Morgan fingerprint density at radius 3 is 2.48 bits per heavy atom. The number of esters is 1. The number of carboxylic acids is 1. The molecule has 7 nitrogen and oxygen atoms in total. The molecule has 31 heavy (non-hydrogen) atoms. The Labute approximate surface area is 189 Å². The van der Waals surface area contributed by atoms with Gasteiger partial charge in [0.05, 0.1) is 24.8 Å².